The van der Waals surface area contributed by atoms with Crippen molar-refractivity contribution in [3.63, 3.8) is 0 Å². The van der Waals surface area contributed by atoms with Crippen molar-refractivity contribution in [1.29, 1.82) is 0 Å². The highest BCUT2D eigenvalue weighted by molar-refractivity contribution is 5.58. The summed E-state index contributed by atoms with van der Waals surface area (Å²) in [5.41, 5.74) is 2.13. The Morgan fingerprint density at radius 2 is 2.24 bits per heavy atom. The lowest BCUT2D eigenvalue weighted by atomic mass is 10.0. The van der Waals surface area contributed by atoms with Crippen molar-refractivity contribution < 1.29 is 9.50 Å². The summed E-state index contributed by atoms with van der Waals surface area (Å²) < 4.78 is 13.2. The molecule has 17 heavy (non-hydrogen) atoms. The number of benzene rings is 1. The van der Waals surface area contributed by atoms with Crippen LogP contribution in [0.1, 0.15) is 25.8 Å². The van der Waals surface area contributed by atoms with Crippen LogP contribution in [0.2, 0.25) is 0 Å². The summed E-state index contributed by atoms with van der Waals surface area (Å²) >= 11 is 0. The Morgan fingerprint density at radius 3 is 2.94 bits per heavy atom. The highest BCUT2D eigenvalue weighted by Crippen LogP contribution is 2.29. The van der Waals surface area contributed by atoms with Crippen LogP contribution in [-0.2, 0) is 6.42 Å². The number of aliphatic hydroxyl groups excluding tert-OH is 1. The van der Waals surface area contributed by atoms with Crippen molar-refractivity contribution in [2.45, 2.75) is 32.8 Å². The van der Waals surface area contributed by atoms with Gasteiger partial charge in [-0.3, -0.25) is 0 Å². The molecule has 1 N–H and O–H groups in total. The van der Waals surface area contributed by atoms with Crippen molar-refractivity contribution in [3.8, 4) is 0 Å². The number of fused-ring (bicyclic) bond motifs is 1. The van der Waals surface area contributed by atoms with E-state index in [2.05, 4.69) is 11.8 Å². The van der Waals surface area contributed by atoms with Crippen molar-refractivity contribution >= 4 is 5.69 Å². The van der Waals surface area contributed by atoms with E-state index in [4.69, 9.17) is 0 Å². The van der Waals surface area contributed by atoms with Gasteiger partial charge in [0.15, 0.2) is 0 Å². The SMILES string of the molecule is CCC(C)C(O)CN1CCc2ccc(F)cc21. The van der Waals surface area contributed by atoms with Gasteiger partial charge in [-0.25, -0.2) is 4.39 Å². The number of β-amino-alcohol motifs (C(OH)–C–C–N with tert-alkyl or cyclic N) is 1. The summed E-state index contributed by atoms with van der Waals surface area (Å²) in [5.74, 6) is 0.0845. The van der Waals surface area contributed by atoms with E-state index in [9.17, 15) is 9.50 Å². The van der Waals surface area contributed by atoms with Gasteiger partial charge in [-0.05, 0) is 30.0 Å². The Labute approximate surface area is 102 Å². The normalized spacial score (nSPS) is 18.0. The van der Waals surface area contributed by atoms with Crippen molar-refractivity contribution in [2.24, 2.45) is 5.92 Å². The van der Waals surface area contributed by atoms with Gasteiger partial charge < -0.3 is 10.0 Å². The molecule has 2 rings (SSSR count). The van der Waals surface area contributed by atoms with E-state index in [1.807, 2.05) is 13.0 Å². The Morgan fingerprint density at radius 1 is 1.47 bits per heavy atom. The molecule has 94 valence electrons. The number of aliphatic hydroxyl groups is 1. The van der Waals surface area contributed by atoms with E-state index in [1.165, 1.54) is 11.6 Å². The van der Waals surface area contributed by atoms with E-state index in [-0.39, 0.29) is 17.8 Å². The van der Waals surface area contributed by atoms with Gasteiger partial charge in [-0.2, -0.15) is 0 Å². The van der Waals surface area contributed by atoms with E-state index in [0.717, 1.165) is 25.1 Å². The molecule has 0 aliphatic carbocycles. The van der Waals surface area contributed by atoms with Crippen molar-refractivity contribution in [2.75, 3.05) is 18.0 Å². The fourth-order valence-corrected chi connectivity index (χ4v) is 2.29. The average molecular weight is 237 g/mol. The second kappa shape index (κ2) is 5.05. The quantitative estimate of drug-likeness (QED) is 0.870. The Bertz CT molecular complexity index is 394. The Kier molecular flexibility index (Phi) is 3.67. The van der Waals surface area contributed by atoms with Gasteiger partial charge in [-0.15, -0.1) is 0 Å². The lowest BCUT2D eigenvalue weighted by Crippen LogP contribution is -2.34. The minimum atomic E-state index is -0.339. The predicted molar refractivity (Wildman–Crippen MR) is 67.8 cm³/mol. The first kappa shape index (κ1) is 12.4. The molecule has 0 radical (unpaired) electrons. The summed E-state index contributed by atoms with van der Waals surface area (Å²) in [7, 11) is 0. The third-order valence-corrected chi connectivity index (χ3v) is 3.75. The minimum Gasteiger partial charge on any atom is -0.391 e. The van der Waals surface area contributed by atoms with E-state index in [1.54, 1.807) is 6.07 Å². The van der Waals surface area contributed by atoms with Gasteiger partial charge >= 0.3 is 0 Å². The molecule has 1 aliphatic heterocycles. The predicted octanol–water partition coefficient (Wildman–Crippen LogP) is 2.60. The van der Waals surface area contributed by atoms with Crippen LogP contribution in [0.4, 0.5) is 10.1 Å². The summed E-state index contributed by atoms with van der Waals surface area (Å²) in [6, 6.07) is 4.93. The number of nitrogens with zero attached hydrogens (tertiary/aromatic N) is 1. The largest absolute Gasteiger partial charge is 0.391 e. The molecule has 0 aromatic heterocycles. The molecule has 1 heterocycles. The molecule has 1 aliphatic rings. The first-order valence-electron chi connectivity index (χ1n) is 6.33. The van der Waals surface area contributed by atoms with Crippen molar-refractivity contribution in [3.05, 3.63) is 29.6 Å². The average Bonchev–Trinajstić information content (AvgIpc) is 2.71. The van der Waals surface area contributed by atoms with Crippen molar-refractivity contribution in [1.82, 2.24) is 0 Å². The molecule has 0 bridgehead atoms. The number of hydrogen-bond acceptors (Lipinski definition) is 2. The topological polar surface area (TPSA) is 23.5 Å². The maximum atomic E-state index is 13.2. The summed E-state index contributed by atoms with van der Waals surface area (Å²) in [6.45, 7) is 5.61. The maximum absolute atomic E-state index is 13.2. The standard InChI is InChI=1S/C14H20FNO/c1-3-10(2)14(17)9-16-7-6-11-4-5-12(15)8-13(11)16/h4-5,8,10,14,17H,3,6-7,9H2,1-2H3. The molecule has 2 nitrogen and oxygen atoms in total. The number of halogens is 1. The maximum Gasteiger partial charge on any atom is 0.125 e. The monoisotopic (exact) mass is 237 g/mol. The fraction of sp³-hybridized carbons (Fsp3) is 0.571. The second-order valence-corrected chi connectivity index (χ2v) is 4.92. The van der Waals surface area contributed by atoms with E-state index < -0.39 is 0 Å². The third kappa shape index (κ3) is 2.60. The van der Waals surface area contributed by atoms with Crippen LogP contribution in [0, 0.1) is 11.7 Å². The van der Waals surface area contributed by atoms with Crippen LogP contribution in [0.5, 0.6) is 0 Å². The molecule has 0 saturated heterocycles. The summed E-state index contributed by atoms with van der Waals surface area (Å²) in [4.78, 5) is 2.09. The van der Waals surface area contributed by atoms with Gasteiger partial charge in [0.1, 0.15) is 5.82 Å². The molecular formula is C14H20FNO. The van der Waals surface area contributed by atoms with Crippen LogP contribution in [0.3, 0.4) is 0 Å². The van der Waals surface area contributed by atoms with Gasteiger partial charge in [0.2, 0.25) is 0 Å². The molecule has 1 aromatic carbocycles. The van der Waals surface area contributed by atoms with Crippen LogP contribution in [-0.4, -0.2) is 24.3 Å². The first-order chi connectivity index (χ1) is 8.11. The zero-order valence-corrected chi connectivity index (χ0v) is 10.5. The molecule has 1 aromatic rings. The molecule has 3 heteroatoms. The molecular weight excluding hydrogens is 217 g/mol. The third-order valence-electron chi connectivity index (χ3n) is 3.75. The van der Waals surface area contributed by atoms with Crippen LogP contribution in [0.15, 0.2) is 18.2 Å². The van der Waals surface area contributed by atoms with Crippen LogP contribution >= 0.6 is 0 Å². The van der Waals surface area contributed by atoms with Gasteiger partial charge in [0.25, 0.3) is 0 Å². The zero-order chi connectivity index (χ0) is 12.4. The molecule has 2 atom stereocenters. The van der Waals surface area contributed by atoms with Crippen LogP contribution in [0.25, 0.3) is 0 Å². The number of rotatable bonds is 4. The number of hydrogen-bond donors (Lipinski definition) is 1. The molecule has 0 fully saturated rings. The molecule has 0 amide bonds. The Hall–Kier alpha value is -1.09. The summed E-state index contributed by atoms with van der Waals surface area (Å²) in [6.07, 6.45) is 1.57. The van der Waals surface area contributed by atoms with E-state index >= 15 is 0 Å². The zero-order valence-electron chi connectivity index (χ0n) is 10.5. The van der Waals surface area contributed by atoms with Gasteiger partial charge in [0.05, 0.1) is 6.10 Å². The summed E-state index contributed by atoms with van der Waals surface area (Å²) in [5, 5.41) is 10.0. The second-order valence-electron chi connectivity index (χ2n) is 4.92. The fourth-order valence-electron chi connectivity index (χ4n) is 2.29. The highest BCUT2D eigenvalue weighted by atomic mass is 19.1. The first-order valence-corrected chi connectivity index (χ1v) is 6.33. The van der Waals surface area contributed by atoms with Gasteiger partial charge in [0, 0.05) is 18.8 Å². The Balaban J connectivity index is 2.09. The lowest BCUT2D eigenvalue weighted by Gasteiger charge is -2.26. The molecule has 0 saturated carbocycles. The lowest BCUT2D eigenvalue weighted by molar-refractivity contribution is 0.120. The number of anilines is 1. The molecule has 2 unspecified atom stereocenters. The smallest absolute Gasteiger partial charge is 0.125 e. The minimum absolute atomic E-state index is 0.200. The van der Waals surface area contributed by atoms with Gasteiger partial charge in [-0.1, -0.05) is 26.3 Å². The van der Waals surface area contributed by atoms with E-state index in [0.29, 0.717) is 6.54 Å². The highest BCUT2D eigenvalue weighted by Gasteiger charge is 2.23. The molecule has 0 spiro atoms. The van der Waals surface area contributed by atoms with Crippen LogP contribution < -0.4 is 4.90 Å².